The van der Waals surface area contributed by atoms with Crippen molar-refractivity contribution in [1.82, 2.24) is 15.0 Å². The van der Waals surface area contributed by atoms with E-state index in [-0.39, 0.29) is 0 Å². The molecule has 0 aliphatic carbocycles. The van der Waals surface area contributed by atoms with Crippen LogP contribution in [0.2, 0.25) is 0 Å². The third kappa shape index (κ3) is 3.04. The molecule has 0 radical (unpaired) electrons. The van der Waals surface area contributed by atoms with Crippen LogP contribution in [0.25, 0.3) is 0 Å². The van der Waals surface area contributed by atoms with Crippen molar-refractivity contribution in [2.75, 3.05) is 11.9 Å². The quantitative estimate of drug-likeness (QED) is 0.791. The molecule has 0 unspecified atom stereocenters. The van der Waals surface area contributed by atoms with Gasteiger partial charge in [0, 0.05) is 11.6 Å². The number of carbonyl (C=O) groups excluding carboxylic acids is 1. The normalized spacial score (nSPS) is 10.2. The summed E-state index contributed by atoms with van der Waals surface area (Å²) in [6.07, 6.45) is 3.34. The van der Waals surface area contributed by atoms with Crippen LogP contribution in [0, 0.1) is 0 Å². The van der Waals surface area contributed by atoms with Crippen LogP contribution >= 0.6 is 11.3 Å². The van der Waals surface area contributed by atoms with E-state index in [1.807, 2.05) is 0 Å². The summed E-state index contributed by atoms with van der Waals surface area (Å²) < 4.78 is 4.85. The fraction of sp³-hybridized carbons (Fsp3) is 0.300. The zero-order valence-corrected chi connectivity index (χ0v) is 10.1. The number of ether oxygens (including phenoxy) is 1. The van der Waals surface area contributed by atoms with Gasteiger partial charge in [0.25, 0.3) is 0 Å². The Bertz CT molecular complexity index is 480. The number of rotatable bonds is 5. The molecule has 17 heavy (non-hydrogen) atoms. The Morgan fingerprint density at radius 3 is 3.24 bits per heavy atom. The molecule has 0 aliphatic rings. The second kappa shape index (κ2) is 5.44. The van der Waals surface area contributed by atoms with Gasteiger partial charge in [0.05, 0.1) is 25.2 Å². The van der Waals surface area contributed by atoms with E-state index in [0.717, 1.165) is 5.69 Å². The maximum atomic E-state index is 11.4. The van der Waals surface area contributed by atoms with Crippen LogP contribution in [0.3, 0.4) is 0 Å². The molecule has 2 aromatic heterocycles. The van der Waals surface area contributed by atoms with E-state index in [2.05, 4.69) is 20.3 Å². The number of aromatic nitrogens is 3. The van der Waals surface area contributed by atoms with E-state index < -0.39 is 5.97 Å². The average Bonchev–Trinajstić information content (AvgIpc) is 2.98. The van der Waals surface area contributed by atoms with Crippen molar-refractivity contribution >= 4 is 22.4 Å². The molecule has 0 aromatic carbocycles. The molecule has 7 heteroatoms. The van der Waals surface area contributed by atoms with E-state index in [1.54, 1.807) is 24.8 Å². The zero-order valence-electron chi connectivity index (χ0n) is 9.27. The molecule has 0 spiro atoms. The minimum atomic E-state index is -0.390. The van der Waals surface area contributed by atoms with Crippen LogP contribution in [0.4, 0.5) is 5.13 Å². The maximum absolute atomic E-state index is 11.4. The number of anilines is 1. The summed E-state index contributed by atoms with van der Waals surface area (Å²) in [5.74, 6) is -0.390. The average molecular weight is 252 g/mol. The maximum Gasteiger partial charge on any atom is 0.357 e. The van der Waals surface area contributed by atoms with Crippen molar-refractivity contribution in [2.24, 2.45) is 0 Å². The van der Waals surface area contributed by atoms with Crippen LogP contribution in [0.1, 0.15) is 23.1 Å². The predicted molar refractivity (Wildman–Crippen MR) is 64.0 cm³/mol. The first kappa shape index (κ1) is 11.6. The number of nitrogens with zero attached hydrogens (tertiary/aromatic N) is 2. The largest absolute Gasteiger partial charge is 0.461 e. The second-order valence-corrected chi connectivity index (χ2v) is 4.05. The molecule has 6 nitrogen and oxygen atoms in total. The van der Waals surface area contributed by atoms with E-state index in [1.165, 1.54) is 11.3 Å². The molecule has 2 rings (SSSR count). The van der Waals surface area contributed by atoms with Crippen molar-refractivity contribution in [3.8, 4) is 0 Å². The van der Waals surface area contributed by atoms with Crippen molar-refractivity contribution in [2.45, 2.75) is 13.5 Å². The summed E-state index contributed by atoms with van der Waals surface area (Å²) >= 11 is 1.37. The second-order valence-electron chi connectivity index (χ2n) is 3.19. The number of carbonyl (C=O) groups is 1. The first-order chi connectivity index (χ1) is 8.29. The highest BCUT2D eigenvalue weighted by Crippen LogP contribution is 2.16. The van der Waals surface area contributed by atoms with Crippen LogP contribution in [0.5, 0.6) is 0 Å². The topological polar surface area (TPSA) is 79.9 Å². The Morgan fingerprint density at radius 2 is 2.53 bits per heavy atom. The van der Waals surface area contributed by atoms with Gasteiger partial charge in [-0.2, -0.15) is 0 Å². The fourth-order valence-corrected chi connectivity index (χ4v) is 1.88. The van der Waals surface area contributed by atoms with Crippen molar-refractivity contribution in [3.63, 3.8) is 0 Å². The highest BCUT2D eigenvalue weighted by atomic mass is 32.1. The molecule has 0 bridgehead atoms. The number of nitrogens with one attached hydrogen (secondary N) is 2. The molecule has 2 N–H and O–H groups in total. The number of imidazole rings is 1. The van der Waals surface area contributed by atoms with Gasteiger partial charge < -0.3 is 15.0 Å². The first-order valence-electron chi connectivity index (χ1n) is 5.13. The third-order valence-electron chi connectivity index (χ3n) is 1.97. The van der Waals surface area contributed by atoms with Crippen LogP contribution in [-0.2, 0) is 11.3 Å². The lowest BCUT2D eigenvalue weighted by Crippen LogP contribution is -2.05. The SMILES string of the molecule is CCOC(=O)c1csc(NCc2cnc[nH]2)n1. The van der Waals surface area contributed by atoms with Gasteiger partial charge in [-0.15, -0.1) is 11.3 Å². The van der Waals surface area contributed by atoms with E-state index in [9.17, 15) is 4.79 Å². The number of hydrogen-bond donors (Lipinski definition) is 2. The lowest BCUT2D eigenvalue weighted by molar-refractivity contribution is 0.0520. The third-order valence-corrected chi connectivity index (χ3v) is 2.77. The van der Waals surface area contributed by atoms with Crippen LogP contribution in [-0.4, -0.2) is 27.5 Å². The standard InChI is InChI=1S/C10H12N4O2S/c1-2-16-9(15)8-5-17-10(14-8)12-4-7-3-11-6-13-7/h3,5-6H,2,4H2,1H3,(H,11,13)(H,12,14). The molecule has 2 aromatic rings. The van der Waals surface area contributed by atoms with Gasteiger partial charge in [-0.05, 0) is 6.92 Å². The summed E-state index contributed by atoms with van der Waals surface area (Å²) in [5, 5.41) is 5.45. The van der Waals surface area contributed by atoms with Gasteiger partial charge in [0.1, 0.15) is 0 Å². The smallest absolute Gasteiger partial charge is 0.357 e. The molecule has 2 heterocycles. The summed E-state index contributed by atoms with van der Waals surface area (Å²) in [4.78, 5) is 22.4. The number of hydrogen-bond acceptors (Lipinski definition) is 6. The fourth-order valence-electron chi connectivity index (χ4n) is 1.21. The molecule has 90 valence electrons. The Hall–Kier alpha value is -1.89. The van der Waals surface area contributed by atoms with Gasteiger partial charge in [-0.1, -0.05) is 0 Å². The lowest BCUT2D eigenvalue weighted by atomic mass is 10.5. The molecular weight excluding hydrogens is 240 g/mol. The van der Waals surface area contributed by atoms with Crippen molar-refractivity contribution in [1.29, 1.82) is 0 Å². The summed E-state index contributed by atoms with van der Waals surface area (Å²) in [7, 11) is 0. The first-order valence-corrected chi connectivity index (χ1v) is 6.01. The minimum Gasteiger partial charge on any atom is -0.461 e. The molecule has 0 aliphatic heterocycles. The van der Waals surface area contributed by atoms with E-state index >= 15 is 0 Å². The monoisotopic (exact) mass is 252 g/mol. The van der Waals surface area contributed by atoms with Crippen molar-refractivity contribution in [3.05, 3.63) is 29.3 Å². The van der Waals surface area contributed by atoms with E-state index in [4.69, 9.17) is 4.74 Å². The lowest BCUT2D eigenvalue weighted by Gasteiger charge is -1.99. The van der Waals surface area contributed by atoms with E-state index in [0.29, 0.717) is 24.0 Å². The molecule has 0 amide bonds. The van der Waals surface area contributed by atoms with Crippen molar-refractivity contribution < 1.29 is 9.53 Å². The van der Waals surface area contributed by atoms with Gasteiger partial charge in [0.2, 0.25) is 0 Å². The molecule has 0 atom stereocenters. The van der Waals surface area contributed by atoms with Crippen LogP contribution < -0.4 is 5.32 Å². The molecular formula is C10H12N4O2S. The zero-order chi connectivity index (χ0) is 12.1. The Morgan fingerprint density at radius 1 is 1.65 bits per heavy atom. The van der Waals surface area contributed by atoms with Crippen LogP contribution in [0.15, 0.2) is 17.9 Å². The predicted octanol–water partition coefficient (Wildman–Crippen LogP) is 1.65. The number of thiazole rings is 1. The Labute approximate surface area is 102 Å². The van der Waals surface area contributed by atoms with Gasteiger partial charge in [-0.25, -0.2) is 14.8 Å². The number of aromatic amines is 1. The summed E-state index contributed by atoms with van der Waals surface area (Å²) in [6, 6.07) is 0. The van der Waals surface area contributed by atoms with Gasteiger partial charge in [0.15, 0.2) is 10.8 Å². The summed E-state index contributed by atoms with van der Waals surface area (Å²) in [6.45, 7) is 2.71. The highest BCUT2D eigenvalue weighted by Gasteiger charge is 2.11. The molecule has 0 saturated heterocycles. The Balaban J connectivity index is 1.92. The molecule has 0 saturated carbocycles. The van der Waals surface area contributed by atoms with Gasteiger partial charge in [-0.3, -0.25) is 0 Å². The van der Waals surface area contributed by atoms with Gasteiger partial charge >= 0.3 is 5.97 Å². The number of esters is 1. The highest BCUT2D eigenvalue weighted by molar-refractivity contribution is 7.13. The molecule has 0 fully saturated rings. The summed E-state index contributed by atoms with van der Waals surface area (Å²) in [5.41, 5.74) is 1.29. The number of H-pyrrole nitrogens is 1. The minimum absolute atomic E-state index is 0.337. The Kier molecular flexibility index (Phi) is 3.71.